The van der Waals surface area contributed by atoms with E-state index in [9.17, 15) is 43.5 Å². The fourth-order valence-corrected chi connectivity index (χ4v) is 9.13. The van der Waals surface area contributed by atoms with Crippen LogP contribution >= 0.6 is 0 Å². The van der Waals surface area contributed by atoms with Gasteiger partial charge in [0.05, 0.1) is 47.6 Å². The van der Waals surface area contributed by atoms with Crippen LogP contribution in [-0.4, -0.2) is 80.7 Å². The molecule has 1 aliphatic carbocycles. The molecule has 1 unspecified atom stereocenters. The Labute approximate surface area is 391 Å². The van der Waals surface area contributed by atoms with E-state index in [1.54, 1.807) is 52.8 Å². The molecule has 2 aromatic carbocycles. The van der Waals surface area contributed by atoms with Crippen molar-refractivity contribution in [1.82, 2.24) is 30.8 Å². The van der Waals surface area contributed by atoms with Gasteiger partial charge in [-0.3, -0.25) is 28.8 Å². The van der Waals surface area contributed by atoms with Gasteiger partial charge >= 0.3 is 12.1 Å². The highest BCUT2D eigenvalue weighted by molar-refractivity contribution is 5.95. The number of hydrogen-bond donors (Lipinski definition) is 5. The lowest BCUT2D eigenvalue weighted by Gasteiger charge is -2.31. The quantitative estimate of drug-likeness (QED) is 0.0604. The zero-order valence-electron chi connectivity index (χ0n) is 38.9. The smallest absolute Gasteiger partial charge is 0.408 e. The number of carbonyl (C=O) groups is 7. The van der Waals surface area contributed by atoms with Crippen molar-refractivity contribution in [2.75, 3.05) is 13.1 Å². The summed E-state index contributed by atoms with van der Waals surface area (Å²) in [5.41, 5.74) is 1.66. The van der Waals surface area contributed by atoms with Gasteiger partial charge in [-0.25, -0.2) is 19.0 Å². The molecule has 360 valence electrons. The van der Waals surface area contributed by atoms with E-state index in [4.69, 9.17) is 14.5 Å². The number of nitrogens with one attached hydrogen (secondary N) is 4. The number of fused-ring (bicyclic) bond motifs is 5. The van der Waals surface area contributed by atoms with Crippen LogP contribution in [0.25, 0.3) is 22.3 Å². The average molecular weight is 937 g/mol. The predicted molar refractivity (Wildman–Crippen MR) is 245 cm³/mol. The first-order valence-electron chi connectivity index (χ1n) is 23.0. The molecule has 2 aliphatic heterocycles. The monoisotopic (exact) mass is 936 g/mol. The Kier molecular flexibility index (Phi) is 14.6. The minimum Gasteiger partial charge on any atom is -0.458 e. The summed E-state index contributed by atoms with van der Waals surface area (Å²) in [5, 5.41) is 23.0. The van der Waals surface area contributed by atoms with Crippen LogP contribution in [0.15, 0.2) is 47.3 Å². The number of amides is 4. The lowest BCUT2D eigenvalue weighted by Crippen LogP contribution is -2.44. The maximum atomic E-state index is 15.3. The molecule has 3 atom stereocenters. The number of pyridine rings is 2. The number of aliphatic hydroxyl groups is 1. The molecule has 0 saturated heterocycles. The molecule has 4 heterocycles. The van der Waals surface area contributed by atoms with Gasteiger partial charge in [0, 0.05) is 61.2 Å². The summed E-state index contributed by atoms with van der Waals surface area (Å²) in [6.45, 7) is 8.01. The number of nitrogens with zero attached hydrogens (tertiary/aromatic N) is 2. The van der Waals surface area contributed by atoms with Crippen molar-refractivity contribution < 1.29 is 52.5 Å². The molecule has 68 heavy (non-hydrogen) atoms. The van der Waals surface area contributed by atoms with Crippen molar-refractivity contribution in [1.29, 1.82) is 0 Å². The van der Waals surface area contributed by atoms with E-state index in [2.05, 4.69) is 21.3 Å². The fourth-order valence-electron chi connectivity index (χ4n) is 9.13. The van der Waals surface area contributed by atoms with Crippen LogP contribution in [-0.2, 0) is 69.8 Å². The number of ketones is 2. The molecule has 2 aromatic heterocycles. The van der Waals surface area contributed by atoms with Crippen LogP contribution in [0.5, 0.6) is 0 Å². The van der Waals surface area contributed by atoms with E-state index < -0.39 is 64.3 Å². The van der Waals surface area contributed by atoms with Crippen molar-refractivity contribution >= 4 is 52.3 Å². The Bertz CT molecular complexity index is 2770. The molecule has 5 N–H and O–H groups in total. The molecule has 0 fully saturated rings. The van der Waals surface area contributed by atoms with E-state index in [0.29, 0.717) is 46.3 Å². The minimum absolute atomic E-state index is 0.0273. The second-order valence-electron chi connectivity index (χ2n) is 18.6. The van der Waals surface area contributed by atoms with Gasteiger partial charge in [-0.05, 0) is 88.1 Å². The highest BCUT2D eigenvalue weighted by Crippen LogP contribution is 2.46. The number of hydrogen-bond acceptors (Lipinski definition) is 12. The number of esters is 1. The standard InChI is InChI=1S/C50H57FN6O11/c1-6-50(66)33-22-38-45-31(25-57(38)46(63)32(33)26-67-47(50)64)44-35(16-15-30-27(2)34(51)23-37(56-45)43(30)44)54-41(61)13-10-20-52-40(60)19-17-39(59)36(21-28-11-8-7-9-12-28)55-42(62)18-14-29(58)24-53-48(65)68-49(3,4)5/h7-9,11-12,22-23,35-36,66H,6,10,13-21,24-26H2,1-5H3,(H,52,60)(H,53,65)(H,54,61)(H,55,62)/t35-,36?,50-/m0/s1. The van der Waals surface area contributed by atoms with Gasteiger partial charge in [0.15, 0.2) is 17.2 Å². The van der Waals surface area contributed by atoms with Crippen LogP contribution in [0.2, 0.25) is 0 Å². The first kappa shape index (κ1) is 49.1. The zero-order chi connectivity index (χ0) is 49.1. The number of benzene rings is 2. The number of ether oxygens (including phenoxy) is 2. The largest absolute Gasteiger partial charge is 0.458 e. The number of carbonyl (C=O) groups excluding carboxylic acids is 7. The van der Waals surface area contributed by atoms with Gasteiger partial charge in [0.2, 0.25) is 17.7 Å². The van der Waals surface area contributed by atoms with E-state index >= 15 is 4.39 Å². The summed E-state index contributed by atoms with van der Waals surface area (Å²) in [7, 11) is 0. The summed E-state index contributed by atoms with van der Waals surface area (Å²) in [4.78, 5) is 109. The lowest BCUT2D eigenvalue weighted by molar-refractivity contribution is -0.172. The molecule has 17 nitrogen and oxygen atoms in total. The molecular formula is C50H57FN6O11. The van der Waals surface area contributed by atoms with Crippen LogP contribution in [0.4, 0.5) is 9.18 Å². The second-order valence-corrected chi connectivity index (χ2v) is 18.6. The molecule has 18 heteroatoms. The molecule has 0 bridgehead atoms. The van der Waals surface area contributed by atoms with Crippen LogP contribution < -0.4 is 26.8 Å². The molecule has 4 amide bonds. The molecule has 0 saturated carbocycles. The third-order valence-electron chi connectivity index (χ3n) is 12.7. The Hall–Kier alpha value is -6.82. The Morgan fingerprint density at radius 1 is 0.956 bits per heavy atom. The number of alkyl carbamates (subject to hydrolysis) is 1. The van der Waals surface area contributed by atoms with Crippen molar-refractivity contribution in [2.45, 2.75) is 135 Å². The van der Waals surface area contributed by atoms with Crippen molar-refractivity contribution in [2.24, 2.45) is 0 Å². The first-order chi connectivity index (χ1) is 32.3. The average Bonchev–Trinajstić information content (AvgIpc) is 3.67. The van der Waals surface area contributed by atoms with Gasteiger partial charge in [-0.2, -0.15) is 0 Å². The Morgan fingerprint density at radius 3 is 2.41 bits per heavy atom. The zero-order valence-corrected chi connectivity index (χ0v) is 38.9. The molecule has 4 aromatic rings. The maximum absolute atomic E-state index is 15.3. The topological polar surface area (TPSA) is 241 Å². The normalized spacial score (nSPS) is 17.2. The third kappa shape index (κ3) is 10.6. The summed E-state index contributed by atoms with van der Waals surface area (Å²) < 4.78 is 27.2. The minimum atomic E-state index is -2.03. The van der Waals surface area contributed by atoms with Crippen molar-refractivity contribution in [3.63, 3.8) is 0 Å². The number of Topliss-reactive ketones (excluding diaryl/α,β-unsaturated/α-hetero) is 2. The van der Waals surface area contributed by atoms with Gasteiger partial charge < -0.3 is 40.4 Å². The van der Waals surface area contributed by atoms with E-state index in [0.717, 1.165) is 16.7 Å². The number of halogens is 1. The predicted octanol–water partition coefficient (Wildman–Crippen LogP) is 4.48. The Morgan fingerprint density at radius 2 is 1.69 bits per heavy atom. The van der Waals surface area contributed by atoms with E-state index in [-0.39, 0.29) is 100 Å². The highest BCUT2D eigenvalue weighted by atomic mass is 19.1. The molecule has 7 rings (SSSR count). The number of cyclic esters (lactones) is 1. The third-order valence-corrected chi connectivity index (χ3v) is 12.7. The SMILES string of the molecule is CC[C@@]1(O)C(=O)OCc2c1cc1n(c2=O)Cc2c-1nc1cc(F)c(C)c3c1c2[C@@H](NC(=O)CCCNC(=O)CCC(=O)C(Cc1ccccc1)NC(=O)CCC(=O)CNC(=O)OC(C)(C)C)CC3. The summed E-state index contributed by atoms with van der Waals surface area (Å²) in [6.07, 6.45) is -0.130. The van der Waals surface area contributed by atoms with Crippen molar-refractivity contribution in [3.05, 3.63) is 97.6 Å². The van der Waals surface area contributed by atoms with Gasteiger partial charge in [0.1, 0.15) is 18.0 Å². The molecule has 0 spiro atoms. The first-order valence-corrected chi connectivity index (χ1v) is 23.0. The lowest BCUT2D eigenvalue weighted by atomic mass is 9.81. The van der Waals surface area contributed by atoms with Gasteiger partial charge in [-0.15, -0.1) is 0 Å². The second kappa shape index (κ2) is 20.2. The van der Waals surface area contributed by atoms with Crippen molar-refractivity contribution in [3.8, 4) is 11.4 Å². The van der Waals surface area contributed by atoms with Crippen LogP contribution in [0.1, 0.15) is 124 Å². The maximum Gasteiger partial charge on any atom is 0.408 e. The molecule has 3 aliphatic rings. The van der Waals surface area contributed by atoms with Crippen LogP contribution in [0, 0.1) is 12.7 Å². The summed E-state index contributed by atoms with van der Waals surface area (Å²) >= 11 is 0. The fraction of sp³-hybridized carbons (Fsp3) is 0.460. The van der Waals surface area contributed by atoms with Crippen LogP contribution in [0.3, 0.4) is 0 Å². The molecular weight excluding hydrogens is 880 g/mol. The Balaban J connectivity index is 0.946. The van der Waals surface area contributed by atoms with Gasteiger partial charge in [0.25, 0.3) is 5.56 Å². The number of aryl methyl sites for hydroxylation is 1. The van der Waals surface area contributed by atoms with E-state index in [1.165, 1.54) is 10.6 Å². The number of aromatic nitrogens is 2. The number of rotatable bonds is 18. The summed E-state index contributed by atoms with van der Waals surface area (Å²) in [5.74, 6) is -3.31. The van der Waals surface area contributed by atoms with E-state index in [1.807, 2.05) is 18.2 Å². The highest BCUT2D eigenvalue weighted by Gasteiger charge is 2.46. The summed E-state index contributed by atoms with van der Waals surface area (Å²) in [6, 6.07) is 10.5. The molecule has 0 radical (unpaired) electrons. The van der Waals surface area contributed by atoms with Gasteiger partial charge in [-0.1, -0.05) is 37.3 Å².